The molecule has 0 unspecified atom stereocenters. The zero-order valence-corrected chi connectivity index (χ0v) is 21.9. The lowest BCUT2D eigenvalue weighted by Crippen LogP contribution is -2.28. The zero-order valence-electron chi connectivity index (χ0n) is 21.0. The van der Waals surface area contributed by atoms with Crippen LogP contribution in [0, 0.1) is 6.92 Å². The Morgan fingerprint density at radius 1 is 1.28 bits per heavy atom. The molecule has 0 aliphatic carbocycles. The summed E-state index contributed by atoms with van der Waals surface area (Å²) in [7, 11) is -1.26. The molecule has 36 heavy (non-hydrogen) atoms. The van der Waals surface area contributed by atoms with Crippen molar-refractivity contribution in [2.75, 3.05) is 19.4 Å². The highest BCUT2D eigenvalue weighted by molar-refractivity contribution is 7.95. The summed E-state index contributed by atoms with van der Waals surface area (Å²) in [5.74, 6) is -1.49. The smallest absolute Gasteiger partial charge is 0.270 e. The van der Waals surface area contributed by atoms with E-state index in [2.05, 4.69) is 15.0 Å². The molecule has 0 bridgehead atoms. The van der Waals surface area contributed by atoms with E-state index in [9.17, 15) is 23.1 Å². The van der Waals surface area contributed by atoms with Gasteiger partial charge < -0.3 is 25.5 Å². The molecule has 194 valence electrons. The molecule has 2 amide bonds. The van der Waals surface area contributed by atoms with E-state index >= 15 is 0 Å². The van der Waals surface area contributed by atoms with Crippen LogP contribution in [0.1, 0.15) is 66.4 Å². The largest absolute Gasteiger partial charge is 0.505 e. The van der Waals surface area contributed by atoms with E-state index in [-0.39, 0.29) is 28.7 Å². The molecule has 12 heteroatoms. The van der Waals surface area contributed by atoms with Gasteiger partial charge in [-0.1, -0.05) is 26.8 Å². The maximum atomic E-state index is 12.8. The SMILES string of the molecule is CC[C@@H](N=C1NS(=O)(=O)C(C(N)=O)=C1Nc1ccc(C)c(C(=O)N(C)C)c1O)c1cc(C(C)C)co1. The number of amides is 2. The minimum absolute atomic E-state index is 0.000656. The Kier molecular flexibility index (Phi) is 7.48. The number of aromatic hydroxyl groups is 1. The lowest BCUT2D eigenvalue weighted by atomic mass is 10.0. The van der Waals surface area contributed by atoms with Crippen LogP contribution in [0.4, 0.5) is 5.69 Å². The lowest BCUT2D eigenvalue weighted by Gasteiger charge is -2.18. The average molecular weight is 518 g/mol. The number of benzene rings is 1. The van der Waals surface area contributed by atoms with Crippen molar-refractivity contribution in [2.45, 2.75) is 46.1 Å². The van der Waals surface area contributed by atoms with Crippen LogP contribution in [0.2, 0.25) is 0 Å². The maximum Gasteiger partial charge on any atom is 0.270 e. The van der Waals surface area contributed by atoms with E-state index in [1.54, 1.807) is 19.3 Å². The number of nitrogens with two attached hydrogens (primary N) is 1. The van der Waals surface area contributed by atoms with Gasteiger partial charge in [0.2, 0.25) is 0 Å². The van der Waals surface area contributed by atoms with Gasteiger partial charge in [-0.25, -0.2) is 8.42 Å². The number of nitrogens with zero attached hydrogens (tertiary/aromatic N) is 2. The summed E-state index contributed by atoms with van der Waals surface area (Å²) in [5.41, 5.74) is 6.68. The second-order valence-corrected chi connectivity index (χ2v) is 10.6. The molecule has 1 aliphatic rings. The highest BCUT2D eigenvalue weighted by Crippen LogP contribution is 2.35. The summed E-state index contributed by atoms with van der Waals surface area (Å²) < 4.78 is 33.5. The second kappa shape index (κ2) is 10.1. The Balaban J connectivity index is 2.14. The quantitative estimate of drug-likeness (QED) is 0.390. The van der Waals surface area contributed by atoms with Gasteiger partial charge in [0, 0.05) is 14.1 Å². The number of nitrogens with one attached hydrogen (secondary N) is 2. The summed E-state index contributed by atoms with van der Waals surface area (Å²) in [4.78, 5) is 29.9. The highest BCUT2D eigenvalue weighted by atomic mass is 32.2. The summed E-state index contributed by atoms with van der Waals surface area (Å²) in [5, 5.41) is 13.6. The number of furan rings is 1. The first-order valence-electron chi connectivity index (χ1n) is 11.3. The molecule has 11 nitrogen and oxygen atoms in total. The van der Waals surface area contributed by atoms with Gasteiger partial charge in [-0.3, -0.25) is 19.3 Å². The summed E-state index contributed by atoms with van der Waals surface area (Å²) in [6.07, 6.45) is 2.09. The monoisotopic (exact) mass is 517 g/mol. The number of carbonyl (C=O) groups excluding carboxylic acids is 2. The minimum Gasteiger partial charge on any atom is -0.505 e. The van der Waals surface area contributed by atoms with Crippen molar-refractivity contribution in [1.29, 1.82) is 0 Å². The number of hydrogen-bond donors (Lipinski definition) is 4. The predicted octanol–water partition coefficient (Wildman–Crippen LogP) is 2.71. The molecular weight excluding hydrogens is 486 g/mol. The van der Waals surface area contributed by atoms with Crippen molar-refractivity contribution in [1.82, 2.24) is 9.62 Å². The van der Waals surface area contributed by atoms with Crippen LogP contribution in [0.25, 0.3) is 0 Å². The van der Waals surface area contributed by atoms with Crippen molar-refractivity contribution in [2.24, 2.45) is 10.7 Å². The van der Waals surface area contributed by atoms with E-state index in [1.165, 1.54) is 25.1 Å². The molecule has 0 saturated carbocycles. The fraction of sp³-hybridized carbons (Fsp3) is 0.375. The van der Waals surface area contributed by atoms with Crippen molar-refractivity contribution >= 4 is 33.4 Å². The van der Waals surface area contributed by atoms with Gasteiger partial charge in [-0.05, 0) is 42.5 Å². The van der Waals surface area contributed by atoms with Gasteiger partial charge in [0.25, 0.3) is 21.8 Å². The fourth-order valence-electron chi connectivity index (χ4n) is 3.71. The number of sulfonamides is 1. The Morgan fingerprint density at radius 2 is 1.94 bits per heavy atom. The van der Waals surface area contributed by atoms with Crippen LogP contribution >= 0.6 is 0 Å². The fourth-order valence-corrected chi connectivity index (χ4v) is 4.91. The number of anilines is 1. The number of primary amides is 1. The van der Waals surface area contributed by atoms with Gasteiger partial charge in [0.1, 0.15) is 17.5 Å². The average Bonchev–Trinajstić information content (AvgIpc) is 3.36. The summed E-state index contributed by atoms with van der Waals surface area (Å²) >= 11 is 0. The number of aliphatic imine (C=N–C) groups is 1. The van der Waals surface area contributed by atoms with Crippen LogP contribution in [0.15, 0.2) is 44.5 Å². The number of rotatable bonds is 8. The van der Waals surface area contributed by atoms with Crippen LogP contribution in [0.3, 0.4) is 0 Å². The molecule has 5 N–H and O–H groups in total. The third-order valence-corrected chi connectivity index (χ3v) is 7.16. The van der Waals surface area contributed by atoms with Gasteiger partial charge in [0.05, 0.1) is 17.5 Å². The second-order valence-electron chi connectivity index (χ2n) is 8.99. The van der Waals surface area contributed by atoms with E-state index in [0.717, 1.165) is 5.56 Å². The van der Waals surface area contributed by atoms with Crippen LogP contribution in [-0.2, 0) is 14.8 Å². The highest BCUT2D eigenvalue weighted by Gasteiger charge is 2.39. The first kappa shape index (κ1) is 26.8. The Hall–Kier alpha value is -3.80. The number of carbonyl (C=O) groups is 2. The molecule has 0 fully saturated rings. The normalized spacial score (nSPS) is 16.8. The van der Waals surface area contributed by atoms with E-state index in [4.69, 9.17) is 10.2 Å². The summed E-state index contributed by atoms with van der Waals surface area (Å²) in [6.45, 7) is 7.54. The van der Waals surface area contributed by atoms with Crippen LogP contribution in [0.5, 0.6) is 5.75 Å². The van der Waals surface area contributed by atoms with Gasteiger partial charge in [-0.15, -0.1) is 0 Å². The third kappa shape index (κ3) is 5.08. The van der Waals surface area contributed by atoms with Crippen molar-refractivity contribution < 1.29 is 27.5 Å². The molecule has 0 spiro atoms. The van der Waals surface area contributed by atoms with Crippen molar-refractivity contribution in [3.05, 3.63) is 57.5 Å². The zero-order chi connectivity index (χ0) is 26.9. The molecule has 2 heterocycles. The molecule has 1 atom stereocenters. The molecule has 1 aliphatic heterocycles. The number of hydrogen-bond acceptors (Lipinski definition) is 8. The van der Waals surface area contributed by atoms with Gasteiger partial charge in [0.15, 0.2) is 16.5 Å². The van der Waals surface area contributed by atoms with Crippen molar-refractivity contribution in [3.63, 3.8) is 0 Å². The third-order valence-electron chi connectivity index (χ3n) is 5.76. The van der Waals surface area contributed by atoms with Crippen molar-refractivity contribution in [3.8, 4) is 5.75 Å². The molecular formula is C24H31N5O6S. The predicted molar refractivity (Wildman–Crippen MR) is 136 cm³/mol. The van der Waals surface area contributed by atoms with E-state index < -0.39 is 38.5 Å². The van der Waals surface area contributed by atoms with Crippen LogP contribution < -0.4 is 15.8 Å². The Labute approximate surface area is 210 Å². The Bertz CT molecular complexity index is 1370. The minimum atomic E-state index is -4.34. The number of aryl methyl sites for hydroxylation is 1. The lowest BCUT2D eigenvalue weighted by molar-refractivity contribution is -0.113. The van der Waals surface area contributed by atoms with E-state index in [0.29, 0.717) is 17.7 Å². The molecule has 2 aromatic rings. The van der Waals surface area contributed by atoms with Gasteiger partial charge >= 0.3 is 0 Å². The number of phenols is 1. The molecule has 1 aromatic carbocycles. The first-order valence-corrected chi connectivity index (χ1v) is 12.8. The molecule has 0 radical (unpaired) electrons. The Morgan fingerprint density at radius 3 is 2.47 bits per heavy atom. The number of amidine groups is 1. The molecule has 3 rings (SSSR count). The summed E-state index contributed by atoms with van der Waals surface area (Å²) in [6, 6.07) is 4.33. The number of phenolic OH excluding ortho intramolecular Hbond substituents is 1. The topological polar surface area (TPSA) is 167 Å². The standard InChI is InChI=1S/C24H31N5O6S/c1-7-15(17-10-14(11-35-17)12(2)3)27-23-19(21(22(25)31)36(33,34)28-23)26-16-9-8-13(4)18(20(16)30)24(32)29(5)6/h8-12,15,26,30H,7H2,1-6H3,(H2,25,31)(H,27,28)/t15-/m1/s1. The van der Waals surface area contributed by atoms with E-state index in [1.807, 2.05) is 26.8 Å². The van der Waals surface area contributed by atoms with Crippen LogP contribution in [-0.4, -0.2) is 50.2 Å². The van der Waals surface area contributed by atoms with Gasteiger partial charge in [-0.2, -0.15) is 0 Å². The maximum absolute atomic E-state index is 12.8. The molecule has 1 aromatic heterocycles. The molecule has 0 saturated heterocycles. The first-order chi connectivity index (χ1) is 16.8.